The molecule has 5 heteroatoms. The molecular weight excluding hydrogens is 340 g/mol. The summed E-state index contributed by atoms with van der Waals surface area (Å²) in [4.78, 5) is 4.75. The largest absolute Gasteiger partial charge is 0.305 e. The lowest BCUT2D eigenvalue weighted by atomic mass is 9.97. The Labute approximate surface area is 136 Å². The number of hydrogen-bond donors (Lipinski definition) is 1. The van der Waals surface area contributed by atoms with E-state index in [0.29, 0.717) is 5.56 Å². The summed E-state index contributed by atoms with van der Waals surface area (Å²) in [5.74, 6) is 0. The molecule has 0 aliphatic carbocycles. The number of nitriles is 1. The highest BCUT2D eigenvalue weighted by Crippen LogP contribution is 2.30. The molecule has 4 rings (SSSR count). The van der Waals surface area contributed by atoms with Crippen LogP contribution in [0.15, 0.2) is 47.1 Å². The van der Waals surface area contributed by atoms with Crippen LogP contribution in [-0.2, 0) is 6.42 Å². The van der Waals surface area contributed by atoms with E-state index in [-0.39, 0.29) is 6.04 Å². The van der Waals surface area contributed by atoms with Crippen molar-refractivity contribution >= 4 is 21.6 Å². The maximum Gasteiger partial charge on any atom is 0.137 e. The summed E-state index contributed by atoms with van der Waals surface area (Å²) in [6.45, 7) is 0.905. The molecule has 0 bridgehead atoms. The van der Waals surface area contributed by atoms with Crippen molar-refractivity contribution in [1.82, 2.24) is 14.7 Å². The number of nitrogens with one attached hydrogen (secondary N) is 1. The fourth-order valence-corrected chi connectivity index (χ4v) is 3.37. The van der Waals surface area contributed by atoms with Crippen molar-refractivity contribution in [2.75, 3.05) is 6.54 Å². The van der Waals surface area contributed by atoms with E-state index in [9.17, 15) is 0 Å². The Bertz CT molecular complexity index is 889. The maximum atomic E-state index is 8.95. The number of nitrogens with zero attached hydrogens (tertiary/aromatic N) is 3. The van der Waals surface area contributed by atoms with E-state index < -0.39 is 0 Å². The van der Waals surface area contributed by atoms with Gasteiger partial charge in [0.15, 0.2) is 0 Å². The minimum absolute atomic E-state index is 0.0980. The van der Waals surface area contributed by atoms with Crippen molar-refractivity contribution in [2.45, 2.75) is 12.5 Å². The molecule has 0 saturated heterocycles. The topological polar surface area (TPSA) is 53.1 Å². The molecule has 0 spiro atoms. The van der Waals surface area contributed by atoms with Gasteiger partial charge in [0.05, 0.1) is 29.1 Å². The zero-order valence-corrected chi connectivity index (χ0v) is 13.3. The number of aromatic nitrogens is 2. The van der Waals surface area contributed by atoms with Crippen molar-refractivity contribution in [3.63, 3.8) is 0 Å². The Morgan fingerprint density at radius 2 is 2.05 bits per heavy atom. The van der Waals surface area contributed by atoms with Crippen molar-refractivity contribution < 1.29 is 0 Å². The smallest absolute Gasteiger partial charge is 0.137 e. The summed E-state index contributed by atoms with van der Waals surface area (Å²) in [6, 6.07) is 14.1. The fraction of sp³-hybridized carbons (Fsp3) is 0.176. The zero-order chi connectivity index (χ0) is 15.1. The third-order valence-corrected chi connectivity index (χ3v) is 4.52. The van der Waals surface area contributed by atoms with E-state index in [1.165, 1.54) is 5.69 Å². The van der Waals surface area contributed by atoms with E-state index in [4.69, 9.17) is 10.2 Å². The van der Waals surface area contributed by atoms with Gasteiger partial charge in [-0.1, -0.05) is 12.1 Å². The molecule has 2 aromatic heterocycles. The van der Waals surface area contributed by atoms with Crippen LogP contribution in [0, 0.1) is 11.3 Å². The van der Waals surface area contributed by atoms with Gasteiger partial charge in [-0.15, -0.1) is 0 Å². The van der Waals surface area contributed by atoms with Crippen LogP contribution in [0.2, 0.25) is 0 Å². The molecule has 1 aliphatic heterocycles. The van der Waals surface area contributed by atoms with E-state index in [2.05, 4.69) is 37.9 Å². The summed E-state index contributed by atoms with van der Waals surface area (Å²) in [6.07, 6.45) is 2.99. The first-order valence-electron chi connectivity index (χ1n) is 7.16. The number of fused-ring (bicyclic) bond motifs is 3. The molecule has 1 aliphatic rings. The Morgan fingerprint density at radius 1 is 1.23 bits per heavy atom. The molecule has 3 heterocycles. The highest BCUT2D eigenvalue weighted by molar-refractivity contribution is 9.10. The van der Waals surface area contributed by atoms with E-state index in [0.717, 1.165) is 34.3 Å². The third-order valence-electron chi connectivity index (χ3n) is 4.05. The lowest BCUT2D eigenvalue weighted by molar-refractivity contribution is 0.547. The number of pyridine rings is 1. The van der Waals surface area contributed by atoms with Crippen molar-refractivity contribution in [3.8, 4) is 6.07 Å². The first-order valence-corrected chi connectivity index (χ1v) is 7.95. The quantitative estimate of drug-likeness (QED) is 0.731. The third kappa shape index (κ3) is 2.12. The van der Waals surface area contributed by atoms with Gasteiger partial charge in [-0.2, -0.15) is 5.26 Å². The van der Waals surface area contributed by atoms with Crippen LogP contribution in [0.5, 0.6) is 0 Å². The first kappa shape index (κ1) is 13.5. The number of rotatable bonds is 1. The molecule has 4 nitrogen and oxygen atoms in total. The van der Waals surface area contributed by atoms with E-state index in [1.807, 2.05) is 36.4 Å². The molecule has 0 radical (unpaired) electrons. The average Bonchev–Trinajstić information content (AvgIpc) is 2.93. The fourth-order valence-electron chi connectivity index (χ4n) is 3.03. The predicted molar refractivity (Wildman–Crippen MR) is 87.6 cm³/mol. The second-order valence-electron chi connectivity index (χ2n) is 5.39. The minimum Gasteiger partial charge on any atom is -0.305 e. The number of benzene rings is 1. The van der Waals surface area contributed by atoms with Crippen LogP contribution in [-0.4, -0.2) is 15.9 Å². The molecule has 1 aromatic carbocycles. The Balaban J connectivity index is 1.88. The van der Waals surface area contributed by atoms with Gasteiger partial charge in [-0.3, -0.25) is 0 Å². The van der Waals surface area contributed by atoms with Gasteiger partial charge in [0.2, 0.25) is 0 Å². The van der Waals surface area contributed by atoms with Crippen LogP contribution in [0.3, 0.4) is 0 Å². The molecule has 22 heavy (non-hydrogen) atoms. The summed E-state index contributed by atoms with van der Waals surface area (Å²) in [5.41, 5.74) is 5.14. The van der Waals surface area contributed by atoms with Gasteiger partial charge < -0.3 is 9.72 Å². The second kappa shape index (κ2) is 5.24. The molecule has 0 fully saturated rings. The maximum absolute atomic E-state index is 8.95. The van der Waals surface area contributed by atoms with Gasteiger partial charge in [0, 0.05) is 23.6 Å². The van der Waals surface area contributed by atoms with Crippen LogP contribution in [0.4, 0.5) is 0 Å². The van der Waals surface area contributed by atoms with E-state index in [1.54, 1.807) is 0 Å². The second-order valence-corrected chi connectivity index (χ2v) is 6.31. The minimum atomic E-state index is 0.0980. The van der Waals surface area contributed by atoms with Crippen molar-refractivity contribution in [1.29, 1.82) is 5.26 Å². The molecule has 1 atom stereocenters. The van der Waals surface area contributed by atoms with Crippen LogP contribution in [0.1, 0.15) is 28.6 Å². The van der Waals surface area contributed by atoms with Crippen LogP contribution < -0.4 is 5.32 Å². The molecule has 0 saturated carbocycles. The number of hydrogen-bond acceptors (Lipinski definition) is 3. The Morgan fingerprint density at radius 3 is 2.82 bits per heavy atom. The summed E-state index contributed by atoms with van der Waals surface area (Å²) >= 11 is 3.53. The number of imidazole rings is 1. The first-order chi connectivity index (χ1) is 10.8. The Kier molecular flexibility index (Phi) is 3.21. The van der Waals surface area contributed by atoms with E-state index >= 15 is 0 Å². The molecule has 3 aromatic rings. The molecular formula is C17H13BrN4. The van der Waals surface area contributed by atoms with Gasteiger partial charge in [-0.25, -0.2) is 4.98 Å². The lowest BCUT2D eigenvalue weighted by Gasteiger charge is -2.24. The van der Waals surface area contributed by atoms with Crippen molar-refractivity contribution in [3.05, 3.63) is 69.6 Å². The summed E-state index contributed by atoms with van der Waals surface area (Å²) < 4.78 is 3.18. The normalized spacial score (nSPS) is 17.2. The lowest BCUT2D eigenvalue weighted by Crippen LogP contribution is -2.31. The summed E-state index contributed by atoms with van der Waals surface area (Å²) in [7, 11) is 0. The van der Waals surface area contributed by atoms with Gasteiger partial charge >= 0.3 is 0 Å². The van der Waals surface area contributed by atoms with Crippen LogP contribution >= 0.6 is 15.9 Å². The Hall–Kier alpha value is -2.16. The summed E-state index contributed by atoms with van der Waals surface area (Å²) in [5, 5.41) is 12.5. The standard InChI is InChI=1S/C17H13BrN4/c18-13-5-6-15-21-14-7-8-20-16(17(14)22(15)10-13)12-3-1-11(9-19)2-4-12/h1-6,10,16,20H,7-8H2. The highest BCUT2D eigenvalue weighted by atomic mass is 79.9. The predicted octanol–water partition coefficient (Wildman–Crippen LogP) is 3.20. The van der Waals surface area contributed by atoms with Crippen molar-refractivity contribution in [2.24, 2.45) is 0 Å². The molecule has 1 unspecified atom stereocenters. The van der Waals surface area contributed by atoms with Gasteiger partial charge in [0.1, 0.15) is 5.65 Å². The van der Waals surface area contributed by atoms with Crippen LogP contribution in [0.25, 0.3) is 5.65 Å². The average molecular weight is 353 g/mol. The molecule has 1 N–H and O–H groups in total. The molecule has 0 amide bonds. The monoisotopic (exact) mass is 352 g/mol. The van der Waals surface area contributed by atoms with Gasteiger partial charge in [-0.05, 0) is 45.8 Å². The highest BCUT2D eigenvalue weighted by Gasteiger charge is 2.26. The number of halogens is 1. The SMILES string of the molecule is N#Cc1ccc(C2NCCc3nc4ccc(Br)cn4c32)cc1. The van der Waals surface area contributed by atoms with Gasteiger partial charge in [0.25, 0.3) is 0 Å². The molecule has 108 valence electrons. The zero-order valence-electron chi connectivity index (χ0n) is 11.8.